The van der Waals surface area contributed by atoms with Gasteiger partial charge in [-0.1, -0.05) is 23.7 Å². The Morgan fingerprint density at radius 2 is 2.04 bits per heavy atom. The van der Waals surface area contributed by atoms with Crippen LogP contribution in [-0.4, -0.2) is 30.2 Å². The molecule has 0 aromatic heterocycles. The Labute approximate surface area is 154 Å². The fraction of sp³-hybridized carbons (Fsp3) is 0.235. The Hall–Kier alpha value is -2.84. The van der Waals surface area contributed by atoms with Gasteiger partial charge in [0.2, 0.25) is 0 Å². The van der Waals surface area contributed by atoms with Crippen molar-refractivity contribution in [2.45, 2.75) is 12.6 Å². The molecule has 138 valence electrons. The second kappa shape index (κ2) is 8.50. The molecule has 26 heavy (non-hydrogen) atoms. The lowest BCUT2D eigenvalue weighted by Gasteiger charge is -2.18. The van der Waals surface area contributed by atoms with E-state index in [1.165, 1.54) is 38.5 Å². The number of carbonyl (C=O) groups is 1. The summed E-state index contributed by atoms with van der Waals surface area (Å²) in [6, 6.07) is 8.00. The number of hydrogen-bond donors (Lipinski definition) is 2. The van der Waals surface area contributed by atoms with Crippen molar-refractivity contribution >= 4 is 23.3 Å². The van der Waals surface area contributed by atoms with E-state index in [-0.39, 0.29) is 28.8 Å². The third-order valence-corrected chi connectivity index (χ3v) is 4.01. The van der Waals surface area contributed by atoms with Gasteiger partial charge < -0.3 is 14.6 Å². The van der Waals surface area contributed by atoms with Crippen LogP contribution in [0.2, 0.25) is 5.02 Å². The molecule has 2 rings (SSSR count). The Balaban J connectivity index is 2.24. The number of benzene rings is 2. The number of esters is 1. The number of nitrogens with zero attached hydrogens (tertiary/aromatic N) is 1. The summed E-state index contributed by atoms with van der Waals surface area (Å²) in [7, 11) is 2.66. The lowest BCUT2D eigenvalue weighted by Crippen LogP contribution is -2.29. The van der Waals surface area contributed by atoms with E-state index in [4.69, 9.17) is 21.1 Å². The molecule has 0 aliphatic carbocycles. The summed E-state index contributed by atoms with van der Waals surface area (Å²) in [5, 5.41) is 23.9. The first-order chi connectivity index (χ1) is 12.4. The minimum Gasteiger partial charge on any atom is -0.504 e. The molecular formula is C17H17ClN2O6. The molecule has 1 atom stereocenters. The van der Waals surface area contributed by atoms with Crippen molar-refractivity contribution in [3.8, 4) is 11.5 Å². The first-order valence-electron chi connectivity index (χ1n) is 7.48. The van der Waals surface area contributed by atoms with Crippen molar-refractivity contribution in [1.82, 2.24) is 5.32 Å². The van der Waals surface area contributed by atoms with Crippen LogP contribution in [0.4, 0.5) is 5.69 Å². The van der Waals surface area contributed by atoms with E-state index in [2.05, 4.69) is 5.32 Å². The molecule has 9 heteroatoms. The number of nitro benzene ring substituents is 1. The average Bonchev–Trinajstić information content (AvgIpc) is 2.62. The number of carbonyl (C=O) groups excluding carboxylic acids is 1. The number of nitrogens with one attached hydrogen (secondary N) is 1. The summed E-state index contributed by atoms with van der Waals surface area (Å²) in [5.74, 6) is -0.424. The van der Waals surface area contributed by atoms with Crippen LogP contribution in [0.25, 0.3) is 0 Å². The second-order valence-corrected chi connectivity index (χ2v) is 5.72. The quantitative estimate of drug-likeness (QED) is 0.431. The van der Waals surface area contributed by atoms with Crippen LogP contribution in [-0.2, 0) is 16.1 Å². The number of ether oxygens (including phenoxy) is 2. The largest absolute Gasteiger partial charge is 0.504 e. The van der Waals surface area contributed by atoms with Crippen molar-refractivity contribution in [1.29, 1.82) is 0 Å². The normalized spacial score (nSPS) is 11.7. The van der Waals surface area contributed by atoms with Gasteiger partial charge in [-0.3, -0.25) is 15.4 Å². The van der Waals surface area contributed by atoms with Gasteiger partial charge in [0.25, 0.3) is 5.69 Å². The summed E-state index contributed by atoms with van der Waals surface area (Å²) in [5.41, 5.74) is 0.800. The van der Waals surface area contributed by atoms with Gasteiger partial charge in [0.15, 0.2) is 11.5 Å². The number of rotatable bonds is 7. The van der Waals surface area contributed by atoms with Gasteiger partial charge >= 0.3 is 5.97 Å². The molecule has 2 aromatic carbocycles. The molecular weight excluding hydrogens is 364 g/mol. The molecule has 0 amide bonds. The van der Waals surface area contributed by atoms with Crippen LogP contribution in [0.5, 0.6) is 11.5 Å². The average molecular weight is 381 g/mol. The number of halogens is 1. The van der Waals surface area contributed by atoms with Crippen molar-refractivity contribution < 1.29 is 24.3 Å². The third kappa shape index (κ3) is 4.41. The fourth-order valence-corrected chi connectivity index (χ4v) is 2.56. The van der Waals surface area contributed by atoms with E-state index >= 15 is 0 Å². The van der Waals surface area contributed by atoms with Gasteiger partial charge in [0.05, 0.1) is 19.1 Å². The van der Waals surface area contributed by atoms with E-state index in [0.29, 0.717) is 11.1 Å². The molecule has 0 bridgehead atoms. The lowest BCUT2D eigenvalue weighted by molar-refractivity contribution is -0.384. The molecule has 0 spiro atoms. The molecule has 0 heterocycles. The van der Waals surface area contributed by atoms with Crippen molar-refractivity contribution in [3.63, 3.8) is 0 Å². The topological polar surface area (TPSA) is 111 Å². The lowest BCUT2D eigenvalue weighted by atomic mass is 10.1. The number of phenols is 1. The number of methoxy groups -OCH3 is 2. The summed E-state index contributed by atoms with van der Waals surface area (Å²) in [6.07, 6.45) is 0. The number of hydrogen-bond acceptors (Lipinski definition) is 7. The Morgan fingerprint density at radius 3 is 2.62 bits per heavy atom. The van der Waals surface area contributed by atoms with Crippen LogP contribution < -0.4 is 10.1 Å². The fourth-order valence-electron chi connectivity index (χ4n) is 2.37. The van der Waals surface area contributed by atoms with Crippen LogP contribution in [0, 0.1) is 10.1 Å². The second-order valence-electron chi connectivity index (χ2n) is 5.31. The molecule has 2 N–H and O–H groups in total. The van der Waals surface area contributed by atoms with Crippen LogP contribution in [0.3, 0.4) is 0 Å². The number of aromatic hydroxyl groups is 1. The van der Waals surface area contributed by atoms with Gasteiger partial charge in [0.1, 0.15) is 11.1 Å². The summed E-state index contributed by atoms with van der Waals surface area (Å²) in [6.45, 7) is 0.143. The number of nitro groups is 1. The van der Waals surface area contributed by atoms with Crippen molar-refractivity contribution in [2.75, 3.05) is 14.2 Å². The number of phenolic OH excluding ortho intramolecular Hbond substituents is 1. The van der Waals surface area contributed by atoms with Crippen molar-refractivity contribution in [3.05, 3.63) is 62.7 Å². The van der Waals surface area contributed by atoms with E-state index in [1.807, 2.05) is 0 Å². The maximum absolute atomic E-state index is 12.1. The van der Waals surface area contributed by atoms with E-state index in [9.17, 15) is 20.0 Å². The van der Waals surface area contributed by atoms with Crippen molar-refractivity contribution in [2.24, 2.45) is 0 Å². The van der Waals surface area contributed by atoms with E-state index in [1.54, 1.807) is 12.1 Å². The SMILES string of the molecule is COC(=O)[C@H](NCc1ccc(Cl)c([N+](=O)[O-])c1)c1ccc(OC)c(O)c1. The maximum Gasteiger partial charge on any atom is 0.327 e. The van der Waals surface area contributed by atoms with Gasteiger partial charge in [0, 0.05) is 12.6 Å². The highest BCUT2D eigenvalue weighted by atomic mass is 35.5. The smallest absolute Gasteiger partial charge is 0.327 e. The molecule has 8 nitrogen and oxygen atoms in total. The molecule has 2 aromatic rings. The molecule has 0 fully saturated rings. The Morgan fingerprint density at radius 1 is 1.31 bits per heavy atom. The van der Waals surface area contributed by atoms with E-state index < -0.39 is 16.9 Å². The van der Waals surface area contributed by atoms with E-state index in [0.717, 1.165) is 0 Å². The minimum absolute atomic E-state index is 0.0309. The van der Waals surface area contributed by atoms with Gasteiger partial charge in [-0.05, 0) is 29.3 Å². The molecule has 0 aliphatic heterocycles. The third-order valence-electron chi connectivity index (χ3n) is 3.69. The highest BCUT2D eigenvalue weighted by molar-refractivity contribution is 6.32. The highest BCUT2D eigenvalue weighted by Gasteiger charge is 2.23. The van der Waals surface area contributed by atoms with Gasteiger partial charge in [-0.25, -0.2) is 4.79 Å². The minimum atomic E-state index is -0.883. The first-order valence-corrected chi connectivity index (χ1v) is 7.86. The van der Waals surface area contributed by atoms with Gasteiger partial charge in [-0.15, -0.1) is 0 Å². The molecule has 0 saturated carbocycles. The molecule has 0 saturated heterocycles. The summed E-state index contributed by atoms with van der Waals surface area (Å²) >= 11 is 5.79. The predicted molar refractivity (Wildman–Crippen MR) is 94.4 cm³/mol. The predicted octanol–water partition coefficient (Wildman–Crippen LogP) is 2.97. The molecule has 0 radical (unpaired) electrons. The summed E-state index contributed by atoms with van der Waals surface area (Å²) in [4.78, 5) is 22.5. The van der Waals surface area contributed by atoms with Crippen LogP contribution in [0.1, 0.15) is 17.2 Å². The standard InChI is InChI=1S/C17H17ClN2O6/c1-25-15-6-4-11(8-14(15)21)16(17(22)26-2)19-9-10-3-5-12(18)13(7-10)20(23)24/h3-8,16,19,21H,9H2,1-2H3/t16-/m1/s1. The zero-order valence-electron chi connectivity index (χ0n) is 14.1. The zero-order valence-corrected chi connectivity index (χ0v) is 14.8. The highest BCUT2D eigenvalue weighted by Crippen LogP contribution is 2.30. The summed E-state index contributed by atoms with van der Waals surface area (Å²) < 4.78 is 9.77. The van der Waals surface area contributed by atoms with Crippen LogP contribution >= 0.6 is 11.6 Å². The molecule has 0 aliphatic rings. The van der Waals surface area contributed by atoms with Gasteiger partial charge in [-0.2, -0.15) is 0 Å². The Bertz CT molecular complexity index is 827. The van der Waals surface area contributed by atoms with Crippen LogP contribution in [0.15, 0.2) is 36.4 Å². The zero-order chi connectivity index (χ0) is 19.3. The molecule has 0 unspecified atom stereocenters. The maximum atomic E-state index is 12.1. The Kier molecular flexibility index (Phi) is 6.37. The first kappa shape index (κ1) is 19.5. The monoisotopic (exact) mass is 380 g/mol.